The summed E-state index contributed by atoms with van der Waals surface area (Å²) in [6.45, 7) is 4.90. The van der Waals surface area contributed by atoms with Crippen LogP contribution in [-0.2, 0) is 14.4 Å². The number of benzene rings is 2. The zero-order valence-corrected chi connectivity index (χ0v) is 17.3. The van der Waals surface area contributed by atoms with Gasteiger partial charge in [0.2, 0.25) is 11.8 Å². The molecule has 29 heavy (non-hydrogen) atoms. The molecular formula is C21H24ClN3O4. The first-order chi connectivity index (χ1) is 13.7. The molecule has 0 saturated carbocycles. The average molecular weight is 418 g/mol. The van der Waals surface area contributed by atoms with Gasteiger partial charge in [-0.25, -0.2) is 0 Å². The lowest BCUT2D eigenvalue weighted by molar-refractivity contribution is -0.130. The van der Waals surface area contributed by atoms with Crippen molar-refractivity contribution < 1.29 is 19.1 Å². The number of carbonyl (C=O) groups is 3. The van der Waals surface area contributed by atoms with Crippen molar-refractivity contribution in [2.24, 2.45) is 0 Å². The van der Waals surface area contributed by atoms with Crippen molar-refractivity contribution >= 4 is 29.3 Å². The normalized spacial score (nSPS) is 11.3. The van der Waals surface area contributed by atoms with Gasteiger partial charge in [-0.15, -0.1) is 0 Å². The second-order valence-electron chi connectivity index (χ2n) is 6.66. The summed E-state index contributed by atoms with van der Waals surface area (Å²) in [5.74, 6) is -0.713. The number of carbonyl (C=O) groups excluding carboxylic acids is 3. The van der Waals surface area contributed by atoms with E-state index >= 15 is 0 Å². The zero-order chi connectivity index (χ0) is 21.4. The molecule has 0 radical (unpaired) electrons. The van der Waals surface area contributed by atoms with Crippen LogP contribution in [0.3, 0.4) is 0 Å². The zero-order valence-electron chi connectivity index (χ0n) is 16.5. The fraction of sp³-hybridized carbons (Fsp3) is 0.286. The Balaban J connectivity index is 1.84. The Labute approximate surface area is 174 Å². The first-order valence-electron chi connectivity index (χ1n) is 9.05. The molecule has 0 aliphatic heterocycles. The quantitative estimate of drug-likeness (QED) is 0.603. The third-order valence-corrected chi connectivity index (χ3v) is 4.51. The van der Waals surface area contributed by atoms with Crippen LogP contribution in [0.5, 0.6) is 5.75 Å². The first-order valence-corrected chi connectivity index (χ1v) is 9.42. The number of aryl methyl sites for hydroxylation is 2. The Bertz CT molecular complexity index is 884. The van der Waals surface area contributed by atoms with Gasteiger partial charge in [-0.3, -0.25) is 25.2 Å². The van der Waals surface area contributed by atoms with Crippen molar-refractivity contribution in [3.63, 3.8) is 0 Å². The van der Waals surface area contributed by atoms with Crippen molar-refractivity contribution in [3.8, 4) is 5.75 Å². The molecule has 8 heteroatoms. The van der Waals surface area contributed by atoms with Crippen molar-refractivity contribution in [3.05, 3.63) is 64.2 Å². The smallest absolute Gasteiger partial charge is 0.276 e. The molecule has 3 amide bonds. The highest BCUT2D eigenvalue weighted by molar-refractivity contribution is 6.31. The van der Waals surface area contributed by atoms with Crippen molar-refractivity contribution in [2.45, 2.75) is 33.2 Å². The predicted octanol–water partition coefficient (Wildman–Crippen LogP) is 2.75. The number of hydrazine groups is 1. The maximum absolute atomic E-state index is 12.2. The molecule has 0 bridgehead atoms. The topological polar surface area (TPSA) is 96.5 Å². The number of ether oxygens (including phenoxy) is 1. The van der Waals surface area contributed by atoms with Crippen LogP contribution in [0.1, 0.15) is 36.1 Å². The molecule has 1 atom stereocenters. The van der Waals surface area contributed by atoms with E-state index in [4.69, 9.17) is 16.3 Å². The molecule has 0 saturated heterocycles. The lowest BCUT2D eigenvalue weighted by atomic mass is 10.0. The van der Waals surface area contributed by atoms with Crippen LogP contribution < -0.4 is 20.9 Å². The van der Waals surface area contributed by atoms with E-state index < -0.39 is 17.9 Å². The molecule has 154 valence electrons. The Morgan fingerprint density at radius 3 is 2.28 bits per heavy atom. The fourth-order valence-corrected chi connectivity index (χ4v) is 2.68. The molecule has 1 unspecified atom stereocenters. The molecule has 0 aromatic heterocycles. The highest BCUT2D eigenvalue weighted by Crippen LogP contribution is 2.21. The summed E-state index contributed by atoms with van der Waals surface area (Å²) >= 11 is 5.94. The SMILES string of the molecule is CC(=O)NC(CC(=O)NNC(=O)COc1ccc(Cl)c(C)c1)c1ccc(C)cc1. The number of nitrogens with one attached hydrogen (secondary N) is 3. The Morgan fingerprint density at radius 1 is 1.00 bits per heavy atom. The summed E-state index contributed by atoms with van der Waals surface area (Å²) in [5, 5.41) is 3.35. The van der Waals surface area contributed by atoms with Gasteiger partial charge in [0.15, 0.2) is 6.61 Å². The van der Waals surface area contributed by atoms with E-state index in [2.05, 4.69) is 16.2 Å². The minimum absolute atomic E-state index is 0.0276. The number of rotatable bonds is 7. The Morgan fingerprint density at radius 2 is 1.66 bits per heavy atom. The Hall–Kier alpha value is -3.06. The summed E-state index contributed by atoms with van der Waals surface area (Å²) in [4.78, 5) is 35.6. The van der Waals surface area contributed by atoms with Gasteiger partial charge in [-0.1, -0.05) is 41.4 Å². The largest absolute Gasteiger partial charge is 0.484 e. The molecule has 0 aliphatic carbocycles. The van der Waals surface area contributed by atoms with Crippen molar-refractivity contribution in [1.29, 1.82) is 0 Å². The third kappa shape index (κ3) is 7.46. The molecule has 7 nitrogen and oxygen atoms in total. The van der Waals surface area contributed by atoms with Gasteiger partial charge >= 0.3 is 0 Å². The fourth-order valence-electron chi connectivity index (χ4n) is 2.56. The molecule has 0 fully saturated rings. The molecule has 2 aromatic rings. The number of amides is 3. The standard InChI is InChI=1S/C21H24ClN3O4/c1-13-4-6-16(7-5-13)19(23-15(3)26)11-20(27)24-25-21(28)12-29-17-8-9-18(22)14(2)10-17/h4-10,19H,11-12H2,1-3H3,(H,23,26)(H,24,27)(H,25,28). The van der Waals surface area contributed by atoms with Crippen LogP contribution in [0.2, 0.25) is 5.02 Å². The van der Waals surface area contributed by atoms with Crippen molar-refractivity contribution in [2.75, 3.05) is 6.61 Å². The molecule has 3 N–H and O–H groups in total. The highest BCUT2D eigenvalue weighted by Gasteiger charge is 2.17. The van der Waals surface area contributed by atoms with Gasteiger partial charge in [-0.2, -0.15) is 0 Å². The second-order valence-corrected chi connectivity index (χ2v) is 7.07. The van der Waals surface area contributed by atoms with E-state index in [-0.39, 0.29) is 18.9 Å². The van der Waals surface area contributed by atoms with Gasteiger partial charge in [-0.05, 0) is 43.2 Å². The molecule has 0 aliphatic rings. The predicted molar refractivity (Wildman–Crippen MR) is 110 cm³/mol. The van der Waals surface area contributed by atoms with E-state index in [9.17, 15) is 14.4 Å². The number of hydrogen-bond acceptors (Lipinski definition) is 4. The van der Waals surface area contributed by atoms with Gasteiger partial charge in [0.25, 0.3) is 5.91 Å². The summed E-state index contributed by atoms with van der Waals surface area (Å²) in [5.41, 5.74) is 7.33. The van der Waals surface area contributed by atoms with Crippen LogP contribution in [0, 0.1) is 13.8 Å². The molecule has 0 heterocycles. The van der Waals surface area contributed by atoms with Gasteiger partial charge in [0.05, 0.1) is 12.5 Å². The Kier molecular flexibility index (Phi) is 8.03. The van der Waals surface area contributed by atoms with Gasteiger partial charge in [0.1, 0.15) is 5.75 Å². The van der Waals surface area contributed by atoms with E-state index in [0.717, 1.165) is 16.7 Å². The van der Waals surface area contributed by atoms with Gasteiger partial charge in [0, 0.05) is 11.9 Å². The van der Waals surface area contributed by atoms with E-state index in [1.165, 1.54) is 6.92 Å². The van der Waals surface area contributed by atoms with E-state index in [1.54, 1.807) is 18.2 Å². The lowest BCUT2D eigenvalue weighted by Crippen LogP contribution is -2.45. The molecule has 2 aromatic carbocycles. The number of halogens is 1. The first kappa shape index (κ1) is 22.2. The molecular weight excluding hydrogens is 394 g/mol. The number of hydrogen-bond donors (Lipinski definition) is 3. The summed E-state index contributed by atoms with van der Waals surface area (Å²) in [6.07, 6.45) is -0.0276. The summed E-state index contributed by atoms with van der Waals surface area (Å²) < 4.78 is 5.37. The van der Waals surface area contributed by atoms with E-state index in [1.807, 2.05) is 38.1 Å². The van der Waals surface area contributed by atoms with Crippen LogP contribution in [0.25, 0.3) is 0 Å². The summed E-state index contributed by atoms with van der Waals surface area (Å²) in [7, 11) is 0. The van der Waals surface area contributed by atoms with Crippen LogP contribution in [0.4, 0.5) is 0 Å². The molecule has 2 rings (SSSR count). The minimum Gasteiger partial charge on any atom is -0.484 e. The third-order valence-electron chi connectivity index (χ3n) is 4.09. The van der Waals surface area contributed by atoms with Crippen LogP contribution in [0.15, 0.2) is 42.5 Å². The maximum atomic E-state index is 12.2. The summed E-state index contributed by atoms with van der Waals surface area (Å²) in [6, 6.07) is 12.1. The minimum atomic E-state index is -0.516. The van der Waals surface area contributed by atoms with Crippen LogP contribution in [-0.4, -0.2) is 24.3 Å². The average Bonchev–Trinajstić information content (AvgIpc) is 2.67. The van der Waals surface area contributed by atoms with Gasteiger partial charge < -0.3 is 10.1 Å². The highest BCUT2D eigenvalue weighted by atomic mass is 35.5. The van der Waals surface area contributed by atoms with Crippen molar-refractivity contribution in [1.82, 2.24) is 16.2 Å². The van der Waals surface area contributed by atoms with E-state index in [0.29, 0.717) is 10.8 Å². The molecule has 0 spiro atoms. The lowest BCUT2D eigenvalue weighted by Gasteiger charge is -2.18. The monoisotopic (exact) mass is 417 g/mol. The second kappa shape index (κ2) is 10.5. The maximum Gasteiger partial charge on any atom is 0.276 e. The van der Waals surface area contributed by atoms with Crippen LogP contribution >= 0.6 is 11.6 Å².